The van der Waals surface area contributed by atoms with Gasteiger partial charge in [-0.05, 0) is 69.4 Å². The number of rotatable bonds is 4. The summed E-state index contributed by atoms with van der Waals surface area (Å²) >= 11 is 16.0. The molecular formula is C25H33Cl2I2N5O5S. The Hall–Kier alpha value is -1.82. The van der Waals surface area contributed by atoms with E-state index in [2.05, 4.69) is 37.5 Å². The van der Waals surface area contributed by atoms with Crippen molar-refractivity contribution in [2.24, 2.45) is 0 Å². The van der Waals surface area contributed by atoms with E-state index in [0.717, 1.165) is 15.0 Å². The topological polar surface area (TPSA) is 165 Å². The van der Waals surface area contributed by atoms with Crippen LogP contribution in [0.25, 0.3) is 0 Å². The predicted molar refractivity (Wildman–Crippen MR) is 178 cm³/mol. The highest BCUT2D eigenvalue weighted by Crippen LogP contribution is 2.30. The molecule has 40 heavy (non-hydrogen) atoms. The van der Waals surface area contributed by atoms with Gasteiger partial charge in [0.25, 0.3) is 15.9 Å². The smallest absolute Gasteiger partial charge is 0.338 e. The highest BCUT2D eigenvalue weighted by Gasteiger charge is 2.26. The summed E-state index contributed by atoms with van der Waals surface area (Å²) in [7, 11) is -4.18. The van der Waals surface area contributed by atoms with E-state index in [-0.39, 0.29) is 47.4 Å². The number of carboxylic acid groups (broad SMARTS) is 1. The number of nitrogens with zero attached hydrogens (tertiary/aromatic N) is 3. The van der Waals surface area contributed by atoms with Crippen molar-refractivity contribution in [2.45, 2.75) is 57.4 Å². The first-order chi connectivity index (χ1) is 18.1. The van der Waals surface area contributed by atoms with Gasteiger partial charge in [-0.25, -0.2) is 24.5 Å². The van der Waals surface area contributed by atoms with Crippen molar-refractivity contribution in [1.82, 2.24) is 19.7 Å². The van der Waals surface area contributed by atoms with E-state index in [9.17, 15) is 18.0 Å². The third-order valence-corrected chi connectivity index (χ3v) is 8.46. The molecule has 0 unspecified atom stereocenters. The number of halogens is 4. The fourth-order valence-electron chi connectivity index (χ4n) is 3.10. The van der Waals surface area contributed by atoms with Crippen molar-refractivity contribution in [2.75, 3.05) is 5.73 Å². The molecule has 0 bridgehead atoms. The second-order valence-corrected chi connectivity index (χ2v) is 15.1. The largest absolute Gasteiger partial charge is 0.478 e. The standard InChI is InChI=1S/C15H16ClIN4O3S.C10H11ClINO2.3H2/c1-15(2,3)12-9(17)7-8(13(16)20-12)14(22)21-25(23,24)11-6-4-5-10(18)19-11;1-10(2,3)7-6(12)4-5(9(14)15)8(11)13-7;;;/h4-7H,1-3H3,(H2,18,19)(H,21,22);4H,1-3H3,(H,14,15);3*1H. The lowest BCUT2D eigenvalue weighted by Gasteiger charge is -2.20. The van der Waals surface area contributed by atoms with Crippen molar-refractivity contribution < 1.29 is 27.4 Å². The molecule has 0 aliphatic heterocycles. The van der Waals surface area contributed by atoms with Crippen molar-refractivity contribution in [3.63, 3.8) is 0 Å². The lowest BCUT2D eigenvalue weighted by atomic mass is 9.91. The van der Waals surface area contributed by atoms with Crippen LogP contribution in [0.15, 0.2) is 35.4 Å². The van der Waals surface area contributed by atoms with Crippen LogP contribution in [-0.4, -0.2) is 40.4 Å². The number of anilines is 1. The van der Waals surface area contributed by atoms with Crippen LogP contribution in [0.2, 0.25) is 10.3 Å². The van der Waals surface area contributed by atoms with Crippen LogP contribution < -0.4 is 10.5 Å². The molecule has 0 saturated carbocycles. The Bertz CT molecular complexity index is 1590. The number of amides is 1. The lowest BCUT2D eigenvalue weighted by molar-refractivity contribution is 0.0696. The number of nitrogens with two attached hydrogens (primary N) is 1. The summed E-state index contributed by atoms with van der Waals surface area (Å²) < 4.78 is 28.0. The molecule has 0 fully saturated rings. The minimum Gasteiger partial charge on any atom is -0.478 e. The molecular weight excluding hydrogens is 807 g/mol. The number of carbonyl (C=O) groups excluding carboxylic acids is 1. The first kappa shape index (κ1) is 34.4. The number of nitrogen functional groups attached to an aromatic ring is 1. The quantitative estimate of drug-likeness (QED) is 0.189. The SMILES string of the molecule is CC(C)(C)c1nc(Cl)c(C(=O)NS(=O)(=O)c2cccc(N)n2)cc1I.CC(C)(C)c1nc(Cl)c(C(=O)O)cc1I.[HH].[HH].[HH]. The third-order valence-electron chi connectivity index (χ3n) is 5.00. The number of nitrogens with one attached hydrogen (secondary N) is 1. The average molecular weight is 840 g/mol. The Labute approximate surface area is 274 Å². The first-order valence-electron chi connectivity index (χ1n) is 11.4. The zero-order valence-electron chi connectivity index (χ0n) is 22.3. The van der Waals surface area contributed by atoms with Gasteiger partial charge in [-0.1, -0.05) is 70.8 Å². The highest BCUT2D eigenvalue weighted by molar-refractivity contribution is 14.1. The number of hydrogen-bond donors (Lipinski definition) is 3. The minimum absolute atomic E-state index is 0. The first-order valence-corrected chi connectivity index (χ1v) is 15.8. The Morgan fingerprint density at radius 2 is 1.35 bits per heavy atom. The molecule has 0 radical (unpaired) electrons. The lowest BCUT2D eigenvalue weighted by Crippen LogP contribution is -2.32. The average Bonchev–Trinajstić information content (AvgIpc) is 2.80. The van der Waals surface area contributed by atoms with Crippen molar-refractivity contribution >= 4 is 96.1 Å². The summed E-state index contributed by atoms with van der Waals surface area (Å²) in [5.74, 6) is -1.91. The van der Waals surface area contributed by atoms with Gasteiger partial charge in [0.15, 0.2) is 5.03 Å². The maximum Gasteiger partial charge on any atom is 0.338 e. The number of aromatic carboxylic acids is 1. The number of aromatic nitrogens is 3. The van der Waals surface area contributed by atoms with Crippen LogP contribution in [0, 0.1) is 7.14 Å². The molecule has 0 saturated heterocycles. The van der Waals surface area contributed by atoms with Crippen LogP contribution >= 0.6 is 68.4 Å². The maximum atomic E-state index is 12.4. The summed E-state index contributed by atoms with van der Waals surface area (Å²) in [4.78, 5) is 35.3. The second kappa shape index (κ2) is 13.0. The van der Waals surface area contributed by atoms with Gasteiger partial charge in [0.2, 0.25) is 0 Å². The molecule has 222 valence electrons. The predicted octanol–water partition coefficient (Wildman–Crippen LogP) is 6.81. The van der Waals surface area contributed by atoms with Gasteiger partial charge in [0, 0.05) is 22.3 Å². The van der Waals surface area contributed by atoms with E-state index >= 15 is 0 Å². The summed E-state index contributed by atoms with van der Waals surface area (Å²) in [6, 6.07) is 7.16. The van der Waals surface area contributed by atoms with E-state index in [0.29, 0.717) is 3.57 Å². The molecule has 4 N–H and O–H groups in total. The molecule has 15 heteroatoms. The molecule has 0 aliphatic carbocycles. The fraction of sp³-hybridized carbons (Fsp3) is 0.320. The maximum absolute atomic E-state index is 12.4. The minimum atomic E-state index is -4.18. The van der Waals surface area contributed by atoms with Crippen LogP contribution in [0.5, 0.6) is 0 Å². The molecule has 1 amide bonds. The van der Waals surface area contributed by atoms with Crippen molar-refractivity contribution in [3.05, 3.63) is 70.3 Å². The zero-order valence-corrected chi connectivity index (χ0v) is 28.9. The van der Waals surface area contributed by atoms with E-state index in [1.165, 1.54) is 24.3 Å². The molecule has 10 nitrogen and oxygen atoms in total. The van der Waals surface area contributed by atoms with E-state index in [4.69, 9.17) is 34.0 Å². The molecule has 0 spiro atoms. The van der Waals surface area contributed by atoms with Crippen molar-refractivity contribution in [3.8, 4) is 0 Å². The monoisotopic (exact) mass is 839 g/mol. The number of carboxylic acids is 1. The van der Waals surface area contributed by atoms with E-state index < -0.39 is 21.9 Å². The van der Waals surface area contributed by atoms with Gasteiger partial charge in [-0.2, -0.15) is 8.42 Å². The highest BCUT2D eigenvalue weighted by atomic mass is 127. The van der Waals surface area contributed by atoms with Crippen LogP contribution in [0.1, 0.15) is 77.9 Å². The number of carbonyl (C=O) groups is 2. The van der Waals surface area contributed by atoms with Crippen molar-refractivity contribution in [1.29, 1.82) is 0 Å². The van der Waals surface area contributed by atoms with Crippen LogP contribution in [0.4, 0.5) is 5.82 Å². The van der Waals surface area contributed by atoms with Gasteiger partial charge in [-0.3, -0.25) is 4.79 Å². The molecule has 0 aromatic carbocycles. The van der Waals surface area contributed by atoms with E-state index in [1.807, 2.05) is 68.9 Å². The van der Waals surface area contributed by atoms with Crippen LogP contribution in [-0.2, 0) is 20.9 Å². The molecule has 3 heterocycles. The van der Waals surface area contributed by atoms with E-state index in [1.54, 1.807) is 6.07 Å². The normalized spacial score (nSPS) is 11.8. The van der Waals surface area contributed by atoms with Gasteiger partial charge in [0.05, 0.1) is 22.5 Å². The molecule has 3 rings (SSSR count). The molecule has 0 atom stereocenters. The Balaban J connectivity index is 0. The summed E-state index contributed by atoms with van der Waals surface area (Å²) in [6.07, 6.45) is 0. The Morgan fingerprint density at radius 1 is 0.900 bits per heavy atom. The Kier molecular flexibility index (Phi) is 11.2. The summed E-state index contributed by atoms with van der Waals surface area (Å²) in [6.45, 7) is 11.9. The molecule has 3 aromatic rings. The third kappa shape index (κ3) is 8.84. The van der Waals surface area contributed by atoms with Gasteiger partial charge < -0.3 is 10.8 Å². The van der Waals surface area contributed by atoms with Gasteiger partial charge in [-0.15, -0.1) is 0 Å². The fourth-order valence-corrected chi connectivity index (χ4v) is 6.97. The van der Waals surface area contributed by atoms with Gasteiger partial charge in [0.1, 0.15) is 16.1 Å². The molecule has 0 aliphatic rings. The molecule has 3 aromatic heterocycles. The summed E-state index contributed by atoms with van der Waals surface area (Å²) in [5, 5.41) is 8.48. The Morgan fingerprint density at radius 3 is 1.77 bits per heavy atom. The number of sulfonamides is 1. The second-order valence-electron chi connectivity index (χ2n) is 10.5. The summed E-state index contributed by atoms with van der Waals surface area (Å²) in [5.41, 5.74) is 6.62. The van der Waals surface area contributed by atoms with Crippen LogP contribution in [0.3, 0.4) is 0 Å². The zero-order chi connectivity index (χ0) is 30.8. The van der Waals surface area contributed by atoms with Gasteiger partial charge >= 0.3 is 5.97 Å². The number of hydrogen-bond acceptors (Lipinski definition) is 8. The number of pyridine rings is 3.